The number of hydrogen-bond acceptors (Lipinski definition) is 3. The van der Waals surface area contributed by atoms with E-state index in [2.05, 4.69) is 47.7 Å². The minimum Gasteiger partial charge on any atom is -0.390 e. The Bertz CT molecular complexity index is 508. The third-order valence-corrected chi connectivity index (χ3v) is 3.88. The number of benzene rings is 1. The summed E-state index contributed by atoms with van der Waals surface area (Å²) in [6.07, 6.45) is 1.77. The molecule has 1 N–H and O–H groups in total. The normalized spacial score (nSPS) is 11.2. The number of nitrogens with zero attached hydrogens (tertiary/aromatic N) is 2. The lowest BCUT2D eigenvalue weighted by molar-refractivity contribution is 0.266. The molecule has 0 radical (unpaired) electrons. The van der Waals surface area contributed by atoms with Gasteiger partial charge in [-0.3, -0.25) is 0 Å². The molecule has 0 saturated heterocycles. The van der Waals surface area contributed by atoms with E-state index >= 15 is 0 Å². The van der Waals surface area contributed by atoms with Crippen LogP contribution < -0.4 is 0 Å². The molecule has 4 heteroatoms. The summed E-state index contributed by atoms with van der Waals surface area (Å²) in [6.45, 7) is 5.29. The molecule has 0 atom stereocenters. The van der Waals surface area contributed by atoms with E-state index in [1.807, 2.05) is 6.07 Å². The Balaban J connectivity index is 2.09. The molecule has 0 aliphatic rings. The Kier molecular flexibility index (Phi) is 5.05. The maximum absolute atomic E-state index is 9.36. The largest absolute Gasteiger partial charge is 0.390 e. The van der Waals surface area contributed by atoms with Crippen LogP contribution >= 0.6 is 11.8 Å². The molecule has 19 heavy (non-hydrogen) atoms. The fourth-order valence-corrected chi connectivity index (χ4v) is 2.88. The molecule has 1 heterocycles. The van der Waals surface area contributed by atoms with Crippen LogP contribution in [0.3, 0.4) is 0 Å². The molecule has 0 amide bonds. The highest BCUT2D eigenvalue weighted by atomic mass is 32.2. The zero-order chi connectivity index (χ0) is 13.7. The number of rotatable bonds is 6. The summed E-state index contributed by atoms with van der Waals surface area (Å²) in [5.41, 5.74) is 2.18. The average molecular weight is 276 g/mol. The van der Waals surface area contributed by atoms with Crippen molar-refractivity contribution in [3.8, 4) is 0 Å². The van der Waals surface area contributed by atoms with E-state index in [1.165, 1.54) is 5.56 Å². The number of aliphatic hydroxyl groups excluding tert-OH is 1. The maximum atomic E-state index is 9.36. The first-order valence-corrected chi connectivity index (χ1v) is 7.51. The van der Waals surface area contributed by atoms with Crippen molar-refractivity contribution in [3.05, 3.63) is 47.8 Å². The summed E-state index contributed by atoms with van der Waals surface area (Å²) in [6, 6.07) is 10.4. The monoisotopic (exact) mass is 276 g/mol. The molecule has 0 saturated carbocycles. The molecule has 102 valence electrons. The summed E-state index contributed by atoms with van der Waals surface area (Å²) in [5.74, 6) is 1.44. The van der Waals surface area contributed by atoms with Crippen LogP contribution in [0.15, 0.2) is 41.7 Å². The van der Waals surface area contributed by atoms with E-state index in [9.17, 15) is 5.11 Å². The molecule has 0 spiro atoms. The van der Waals surface area contributed by atoms with E-state index in [0.717, 1.165) is 23.1 Å². The van der Waals surface area contributed by atoms with E-state index in [-0.39, 0.29) is 6.61 Å². The molecule has 0 bridgehead atoms. The van der Waals surface area contributed by atoms with Gasteiger partial charge in [0.25, 0.3) is 0 Å². The van der Waals surface area contributed by atoms with Crippen molar-refractivity contribution < 1.29 is 5.11 Å². The summed E-state index contributed by atoms with van der Waals surface area (Å²) >= 11 is 1.72. The number of thioether (sulfide) groups is 1. The number of hydrogen-bond donors (Lipinski definition) is 1. The maximum Gasteiger partial charge on any atom is 0.168 e. The standard InChI is InChI=1S/C15H20N2OS/c1-12(2)9-17-14(10-18)8-16-15(17)19-11-13-6-4-3-5-7-13/h3-8,12,18H,9-11H2,1-2H3. The molecular weight excluding hydrogens is 256 g/mol. The Morgan fingerprint density at radius 1 is 1.26 bits per heavy atom. The summed E-state index contributed by atoms with van der Waals surface area (Å²) < 4.78 is 2.12. The molecule has 0 aliphatic heterocycles. The van der Waals surface area contributed by atoms with E-state index in [4.69, 9.17) is 0 Å². The Hall–Kier alpha value is -1.26. The van der Waals surface area contributed by atoms with E-state index in [1.54, 1.807) is 18.0 Å². The fourth-order valence-electron chi connectivity index (χ4n) is 1.92. The van der Waals surface area contributed by atoms with E-state index < -0.39 is 0 Å². The lowest BCUT2D eigenvalue weighted by atomic mass is 10.2. The van der Waals surface area contributed by atoms with E-state index in [0.29, 0.717) is 5.92 Å². The summed E-state index contributed by atoms with van der Waals surface area (Å²) in [5, 5.41) is 10.3. The highest BCUT2D eigenvalue weighted by molar-refractivity contribution is 7.98. The van der Waals surface area contributed by atoms with Crippen molar-refractivity contribution >= 4 is 11.8 Å². The molecule has 0 unspecified atom stereocenters. The topological polar surface area (TPSA) is 38.0 Å². The lowest BCUT2D eigenvalue weighted by Gasteiger charge is -2.12. The molecule has 0 aliphatic carbocycles. The quantitative estimate of drug-likeness (QED) is 0.822. The van der Waals surface area contributed by atoms with Gasteiger partial charge in [0.1, 0.15) is 0 Å². The zero-order valence-corrected chi connectivity index (χ0v) is 12.2. The fraction of sp³-hybridized carbons (Fsp3) is 0.400. The molecule has 2 aromatic rings. The first kappa shape index (κ1) is 14.2. The molecule has 0 fully saturated rings. The Labute approximate surface area is 118 Å². The van der Waals surface area contributed by atoms with Gasteiger partial charge in [-0.1, -0.05) is 55.9 Å². The smallest absolute Gasteiger partial charge is 0.168 e. The van der Waals surface area contributed by atoms with Crippen molar-refractivity contribution in [3.63, 3.8) is 0 Å². The van der Waals surface area contributed by atoms with Gasteiger partial charge >= 0.3 is 0 Å². The third kappa shape index (κ3) is 3.85. The van der Waals surface area contributed by atoms with Crippen LogP contribution in [0.1, 0.15) is 25.1 Å². The summed E-state index contributed by atoms with van der Waals surface area (Å²) in [4.78, 5) is 4.42. The SMILES string of the molecule is CC(C)Cn1c(CO)cnc1SCc1ccccc1. The van der Waals surface area contributed by atoms with Gasteiger partial charge in [-0.2, -0.15) is 0 Å². The molecular formula is C15H20N2OS. The van der Waals surface area contributed by atoms with Crippen LogP contribution in [-0.2, 0) is 18.9 Å². The van der Waals surface area contributed by atoms with Crippen LogP contribution in [0.4, 0.5) is 0 Å². The summed E-state index contributed by atoms with van der Waals surface area (Å²) in [7, 11) is 0. The molecule has 2 rings (SSSR count). The zero-order valence-electron chi connectivity index (χ0n) is 11.4. The van der Waals surface area contributed by atoms with Crippen molar-refractivity contribution in [1.29, 1.82) is 0 Å². The number of aromatic nitrogens is 2. The molecule has 1 aromatic heterocycles. The van der Waals surface area contributed by atoms with Crippen LogP contribution in [0.25, 0.3) is 0 Å². The van der Waals surface area contributed by atoms with Crippen molar-refractivity contribution in [2.75, 3.05) is 0 Å². The Morgan fingerprint density at radius 3 is 2.63 bits per heavy atom. The first-order chi connectivity index (χ1) is 9.20. The number of imidazole rings is 1. The minimum atomic E-state index is 0.0472. The first-order valence-electron chi connectivity index (χ1n) is 6.52. The third-order valence-electron chi connectivity index (χ3n) is 2.82. The van der Waals surface area contributed by atoms with Crippen molar-refractivity contribution in [2.24, 2.45) is 5.92 Å². The highest BCUT2D eigenvalue weighted by Crippen LogP contribution is 2.24. The number of aliphatic hydroxyl groups is 1. The van der Waals surface area contributed by atoms with Crippen LogP contribution in [-0.4, -0.2) is 14.7 Å². The second-order valence-corrected chi connectivity index (χ2v) is 5.91. The van der Waals surface area contributed by atoms with Gasteiger partial charge in [-0.15, -0.1) is 0 Å². The predicted octanol–water partition coefficient (Wildman–Crippen LogP) is 3.32. The van der Waals surface area contributed by atoms with Crippen molar-refractivity contribution in [2.45, 2.75) is 37.9 Å². The van der Waals surface area contributed by atoms with Crippen LogP contribution in [0.2, 0.25) is 0 Å². The van der Waals surface area contributed by atoms with Gasteiger partial charge in [0.15, 0.2) is 5.16 Å². The van der Waals surface area contributed by atoms with Gasteiger partial charge in [0.2, 0.25) is 0 Å². The van der Waals surface area contributed by atoms with Crippen LogP contribution in [0.5, 0.6) is 0 Å². The van der Waals surface area contributed by atoms with Gasteiger partial charge < -0.3 is 9.67 Å². The second kappa shape index (κ2) is 6.78. The predicted molar refractivity (Wildman–Crippen MR) is 79.0 cm³/mol. The Morgan fingerprint density at radius 2 is 2.00 bits per heavy atom. The van der Waals surface area contributed by atoms with Crippen molar-refractivity contribution in [1.82, 2.24) is 9.55 Å². The molecule has 3 nitrogen and oxygen atoms in total. The van der Waals surface area contributed by atoms with Gasteiger partial charge in [0.05, 0.1) is 18.5 Å². The van der Waals surface area contributed by atoms with Gasteiger partial charge in [-0.25, -0.2) is 4.98 Å². The second-order valence-electron chi connectivity index (χ2n) is 4.97. The van der Waals surface area contributed by atoms with Gasteiger partial charge in [0, 0.05) is 12.3 Å². The van der Waals surface area contributed by atoms with Gasteiger partial charge in [-0.05, 0) is 11.5 Å². The average Bonchev–Trinajstić information content (AvgIpc) is 2.79. The highest BCUT2D eigenvalue weighted by Gasteiger charge is 2.11. The minimum absolute atomic E-state index is 0.0472. The molecule has 1 aromatic carbocycles. The lowest BCUT2D eigenvalue weighted by Crippen LogP contribution is -2.09. The van der Waals surface area contributed by atoms with Crippen LogP contribution in [0, 0.1) is 5.92 Å².